The van der Waals surface area contributed by atoms with Crippen LogP contribution < -0.4 is 16.3 Å². The fourth-order valence-electron chi connectivity index (χ4n) is 2.73. The topological polar surface area (TPSA) is 106 Å². The molecule has 1 saturated carbocycles. The zero-order valence-corrected chi connectivity index (χ0v) is 14.9. The van der Waals surface area contributed by atoms with Gasteiger partial charge in [0, 0.05) is 10.9 Å². The van der Waals surface area contributed by atoms with Crippen LogP contribution in [0.3, 0.4) is 0 Å². The van der Waals surface area contributed by atoms with Gasteiger partial charge < -0.3 is 10.8 Å². The van der Waals surface area contributed by atoms with E-state index in [4.69, 9.17) is 10.8 Å². The Hall–Kier alpha value is -2.77. The summed E-state index contributed by atoms with van der Waals surface area (Å²) < 4.78 is 14.6. The number of nitrogens with zero attached hydrogens (tertiary/aromatic N) is 4. The molecule has 26 heavy (non-hydrogen) atoms. The molecule has 0 amide bonds. The zero-order chi connectivity index (χ0) is 19.1. The molecule has 7 nitrogen and oxygen atoms in total. The SMILES string of the molecule is C1CCCCCC1.C=c1/c(=C\C(F)=C(/C)N)cc(C(=O)O)c2nnnn12. The monoisotopic (exact) mass is 361 g/mol. The van der Waals surface area contributed by atoms with E-state index in [1.807, 2.05) is 0 Å². The summed E-state index contributed by atoms with van der Waals surface area (Å²) in [4.78, 5) is 11.1. The molecule has 0 spiro atoms. The minimum absolute atomic E-state index is 0.0203. The molecular weight excluding hydrogens is 337 g/mol. The Morgan fingerprint density at radius 2 is 1.81 bits per heavy atom. The summed E-state index contributed by atoms with van der Waals surface area (Å²) in [5, 5.41) is 20.2. The van der Waals surface area contributed by atoms with Gasteiger partial charge in [0.2, 0.25) is 0 Å². The zero-order valence-electron chi connectivity index (χ0n) is 14.9. The van der Waals surface area contributed by atoms with E-state index in [0.29, 0.717) is 0 Å². The van der Waals surface area contributed by atoms with Crippen LogP contribution in [0.5, 0.6) is 0 Å². The fraction of sp³-hybridized carbons (Fsp3) is 0.444. The summed E-state index contributed by atoms with van der Waals surface area (Å²) in [5.74, 6) is -1.89. The largest absolute Gasteiger partial charge is 0.478 e. The molecule has 140 valence electrons. The first kappa shape index (κ1) is 19.6. The molecule has 0 radical (unpaired) electrons. The third kappa shape index (κ3) is 4.87. The van der Waals surface area contributed by atoms with E-state index in [0.717, 1.165) is 10.6 Å². The van der Waals surface area contributed by atoms with Crippen LogP contribution in [0.1, 0.15) is 62.2 Å². The van der Waals surface area contributed by atoms with E-state index in [-0.39, 0.29) is 27.5 Å². The lowest BCUT2D eigenvalue weighted by Gasteiger charge is -1.99. The molecule has 3 N–H and O–H groups in total. The third-order valence-electron chi connectivity index (χ3n) is 4.24. The van der Waals surface area contributed by atoms with Crippen LogP contribution in [0.15, 0.2) is 17.6 Å². The van der Waals surface area contributed by atoms with Crippen LogP contribution in [-0.2, 0) is 0 Å². The van der Waals surface area contributed by atoms with E-state index < -0.39 is 11.8 Å². The van der Waals surface area contributed by atoms with Crippen LogP contribution >= 0.6 is 0 Å². The quantitative estimate of drug-likeness (QED) is 0.791. The van der Waals surface area contributed by atoms with Crippen molar-refractivity contribution in [3.8, 4) is 0 Å². The maximum Gasteiger partial charge on any atom is 0.339 e. The van der Waals surface area contributed by atoms with Gasteiger partial charge in [-0.15, -0.1) is 5.10 Å². The van der Waals surface area contributed by atoms with Gasteiger partial charge in [0.05, 0.1) is 5.35 Å². The Labute approximate surface area is 150 Å². The Balaban J connectivity index is 0.000000290. The number of hydrogen-bond donors (Lipinski definition) is 2. The van der Waals surface area contributed by atoms with Crippen molar-refractivity contribution < 1.29 is 14.3 Å². The molecule has 0 aliphatic heterocycles. The standard InChI is InChI=1S/C11H10FN5O2.C7H14/c1-5(13)9(12)4-7-3-8(11(18)19)10-14-15-16-17(10)6(7)2;1-2-4-6-7-5-3-1/h3-4H,2,13H2,1H3,(H,18,19);1-7H2/b7-4-,9-5-;. The number of aromatic nitrogens is 4. The Kier molecular flexibility index (Phi) is 6.82. The smallest absolute Gasteiger partial charge is 0.339 e. The highest BCUT2D eigenvalue weighted by Gasteiger charge is 2.13. The van der Waals surface area contributed by atoms with Gasteiger partial charge in [0.15, 0.2) is 5.65 Å². The van der Waals surface area contributed by atoms with Crippen LogP contribution in [-0.4, -0.2) is 31.1 Å². The number of halogens is 1. The van der Waals surface area contributed by atoms with Crippen molar-refractivity contribution in [2.75, 3.05) is 0 Å². The number of allylic oxidation sites excluding steroid dienone is 2. The van der Waals surface area contributed by atoms with Crippen molar-refractivity contribution >= 4 is 24.3 Å². The molecule has 2 aromatic heterocycles. The lowest BCUT2D eigenvalue weighted by atomic mass is 10.2. The van der Waals surface area contributed by atoms with Crippen molar-refractivity contribution in [3.05, 3.63) is 33.7 Å². The van der Waals surface area contributed by atoms with Crippen LogP contribution in [0.25, 0.3) is 18.3 Å². The van der Waals surface area contributed by atoms with Crippen LogP contribution in [0.4, 0.5) is 4.39 Å². The maximum atomic E-state index is 13.5. The normalized spacial score (nSPS) is 16.5. The minimum atomic E-state index is -1.22. The molecule has 0 atom stereocenters. The van der Waals surface area contributed by atoms with Crippen LogP contribution in [0.2, 0.25) is 0 Å². The highest BCUT2D eigenvalue weighted by molar-refractivity contribution is 5.94. The Morgan fingerprint density at radius 3 is 2.27 bits per heavy atom. The Morgan fingerprint density at radius 1 is 1.27 bits per heavy atom. The second-order valence-corrected chi connectivity index (χ2v) is 6.33. The molecule has 2 aromatic rings. The van der Waals surface area contributed by atoms with E-state index in [1.165, 1.54) is 57.9 Å². The molecule has 0 saturated heterocycles. The van der Waals surface area contributed by atoms with Gasteiger partial charge >= 0.3 is 5.97 Å². The molecule has 1 aliphatic carbocycles. The molecular formula is C18H24FN5O2. The minimum Gasteiger partial charge on any atom is -0.478 e. The molecule has 0 unspecified atom stereocenters. The van der Waals surface area contributed by atoms with Gasteiger partial charge in [-0.05, 0) is 29.5 Å². The molecule has 1 aliphatic rings. The number of carbonyl (C=O) groups is 1. The molecule has 8 heteroatoms. The van der Waals surface area contributed by atoms with Crippen LogP contribution in [0, 0.1) is 0 Å². The van der Waals surface area contributed by atoms with Gasteiger partial charge in [-0.1, -0.05) is 51.5 Å². The summed E-state index contributed by atoms with van der Waals surface area (Å²) >= 11 is 0. The van der Waals surface area contributed by atoms with Crippen molar-refractivity contribution in [1.29, 1.82) is 0 Å². The van der Waals surface area contributed by atoms with Gasteiger partial charge in [0.1, 0.15) is 11.4 Å². The average Bonchev–Trinajstić information content (AvgIpc) is 2.89. The van der Waals surface area contributed by atoms with Crippen molar-refractivity contribution in [3.63, 3.8) is 0 Å². The van der Waals surface area contributed by atoms with Gasteiger partial charge in [-0.25, -0.2) is 9.18 Å². The lowest BCUT2D eigenvalue weighted by molar-refractivity contribution is 0.0698. The number of pyridine rings is 1. The average molecular weight is 361 g/mol. The first-order valence-electron chi connectivity index (χ1n) is 8.68. The Bertz CT molecular complexity index is 896. The summed E-state index contributed by atoms with van der Waals surface area (Å²) in [6, 6.07) is 1.25. The second-order valence-electron chi connectivity index (χ2n) is 6.33. The number of fused-ring (bicyclic) bond motifs is 1. The second kappa shape index (κ2) is 9.07. The number of tetrazole rings is 1. The summed E-state index contributed by atoms with van der Waals surface area (Å²) in [6.45, 7) is 5.09. The molecule has 3 rings (SSSR count). The van der Waals surface area contributed by atoms with Gasteiger partial charge in [0.25, 0.3) is 0 Å². The molecule has 1 fully saturated rings. The van der Waals surface area contributed by atoms with E-state index in [2.05, 4.69) is 22.1 Å². The first-order chi connectivity index (χ1) is 12.4. The molecule has 2 heterocycles. The van der Waals surface area contributed by atoms with Crippen molar-refractivity contribution in [2.45, 2.75) is 51.9 Å². The fourth-order valence-corrected chi connectivity index (χ4v) is 2.73. The maximum absolute atomic E-state index is 13.5. The highest BCUT2D eigenvalue weighted by atomic mass is 19.1. The third-order valence-corrected chi connectivity index (χ3v) is 4.24. The number of hydrogen-bond acceptors (Lipinski definition) is 5. The predicted molar refractivity (Wildman–Crippen MR) is 97.3 cm³/mol. The number of carboxylic acid groups (broad SMARTS) is 1. The van der Waals surface area contributed by atoms with E-state index in [1.54, 1.807) is 0 Å². The number of nitrogens with two attached hydrogens (primary N) is 1. The lowest BCUT2D eigenvalue weighted by Crippen LogP contribution is -2.33. The summed E-state index contributed by atoms with van der Waals surface area (Å²) in [7, 11) is 0. The summed E-state index contributed by atoms with van der Waals surface area (Å²) in [5.41, 5.74) is 5.19. The van der Waals surface area contributed by atoms with Gasteiger partial charge in [-0.2, -0.15) is 4.52 Å². The van der Waals surface area contributed by atoms with Crippen molar-refractivity contribution in [1.82, 2.24) is 20.0 Å². The van der Waals surface area contributed by atoms with Gasteiger partial charge in [-0.3, -0.25) is 0 Å². The van der Waals surface area contributed by atoms with E-state index in [9.17, 15) is 9.18 Å². The highest BCUT2D eigenvalue weighted by Crippen LogP contribution is 2.15. The predicted octanol–water partition coefficient (Wildman–Crippen LogP) is 1.90. The number of aromatic carboxylic acids is 1. The number of carboxylic acids is 1. The molecule has 0 aromatic carbocycles. The first-order valence-corrected chi connectivity index (χ1v) is 8.68. The van der Waals surface area contributed by atoms with E-state index >= 15 is 0 Å². The summed E-state index contributed by atoms with van der Waals surface area (Å²) in [6.07, 6.45) is 11.6. The van der Waals surface area contributed by atoms with Crippen molar-refractivity contribution in [2.24, 2.45) is 5.73 Å². The molecule has 0 bridgehead atoms. The number of rotatable bonds is 2.